The maximum absolute atomic E-state index is 11.9. The Hall–Kier alpha value is -1.84. The van der Waals surface area contributed by atoms with Crippen LogP contribution in [0.4, 0.5) is 0 Å². The van der Waals surface area contributed by atoms with Crippen molar-refractivity contribution >= 4 is 11.9 Å². The molecular formula is C17H22O4. The van der Waals surface area contributed by atoms with Gasteiger partial charge in [-0.25, -0.2) is 0 Å². The van der Waals surface area contributed by atoms with Gasteiger partial charge in [-0.2, -0.15) is 0 Å². The molecule has 0 aromatic heterocycles. The van der Waals surface area contributed by atoms with Crippen LogP contribution >= 0.6 is 0 Å². The highest BCUT2D eigenvalue weighted by Crippen LogP contribution is 2.39. The molecule has 3 atom stereocenters. The lowest BCUT2D eigenvalue weighted by Gasteiger charge is -2.25. The number of methoxy groups -OCH3 is 1. The molecular weight excluding hydrogens is 268 g/mol. The maximum atomic E-state index is 11.9. The first-order valence-corrected chi connectivity index (χ1v) is 7.48. The zero-order chi connectivity index (χ0) is 15.2. The Morgan fingerprint density at radius 3 is 2.71 bits per heavy atom. The molecule has 0 aliphatic carbocycles. The summed E-state index contributed by atoms with van der Waals surface area (Å²) in [4.78, 5) is 23.8. The molecule has 1 aromatic rings. The van der Waals surface area contributed by atoms with E-state index in [0.29, 0.717) is 6.61 Å². The summed E-state index contributed by atoms with van der Waals surface area (Å²) >= 11 is 0. The van der Waals surface area contributed by atoms with Gasteiger partial charge in [0.15, 0.2) is 5.92 Å². The Labute approximate surface area is 125 Å². The second-order valence-corrected chi connectivity index (χ2v) is 5.45. The molecule has 1 aromatic carbocycles. The lowest BCUT2D eigenvalue weighted by atomic mass is 9.77. The normalized spacial score (nSPS) is 22.7. The predicted molar refractivity (Wildman–Crippen MR) is 78.7 cm³/mol. The highest BCUT2D eigenvalue weighted by Gasteiger charge is 2.46. The molecule has 4 heteroatoms. The van der Waals surface area contributed by atoms with Crippen molar-refractivity contribution in [3.63, 3.8) is 0 Å². The fourth-order valence-electron chi connectivity index (χ4n) is 3.04. The lowest BCUT2D eigenvalue weighted by molar-refractivity contribution is -0.154. The Morgan fingerprint density at radius 1 is 1.38 bits per heavy atom. The summed E-state index contributed by atoms with van der Waals surface area (Å²) in [5.74, 6) is -1.73. The van der Waals surface area contributed by atoms with Crippen LogP contribution in [-0.2, 0) is 19.1 Å². The van der Waals surface area contributed by atoms with Crippen LogP contribution in [0.3, 0.4) is 0 Å². The van der Waals surface area contributed by atoms with Gasteiger partial charge < -0.3 is 9.47 Å². The van der Waals surface area contributed by atoms with Crippen molar-refractivity contribution in [1.29, 1.82) is 0 Å². The molecule has 114 valence electrons. The largest absolute Gasteiger partial charge is 0.468 e. The minimum Gasteiger partial charge on any atom is -0.468 e. The Balaban J connectivity index is 2.27. The standard InChI is InChI=1S/C17H22O4/c1-3-4-10-13(12-8-6-5-7-9-12)14-11-21-17(19)15(14)16(18)20-2/h5-9,13-15H,3-4,10-11H2,1-2H3/t13-,14+,15-/m0/s1. The molecule has 0 spiro atoms. The quantitative estimate of drug-likeness (QED) is 0.597. The van der Waals surface area contributed by atoms with Gasteiger partial charge in [0, 0.05) is 5.92 Å². The van der Waals surface area contributed by atoms with Gasteiger partial charge in [0.25, 0.3) is 0 Å². The molecule has 21 heavy (non-hydrogen) atoms. The number of carbonyl (C=O) groups excluding carboxylic acids is 2. The summed E-state index contributed by atoms with van der Waals surface area (Å²) in [6, 6.07) is 10.0. The van der Waals surface area contributed by atoms with Crippen LogP contribution in [0.2, 0.25) is 0 Å². The predicted octanol–water partition coefficient (Wildman–Crippen LogP) is 2.92. The first kappa shape index (κ1) is 15.5. The SMILES string of the molecule is CCCC[C@@H](c1ccccc1)[C@H]1COC(=O)[C@@H]1C(=O)OC. The fourth-order valence-corrected chi connectivity index (χ4v) is 3.04. The van der Waals surface area contributed by atoms with Crippen LogP contribution in [0.5, 0.6) is 0 Å². The first-order valence-electron chi connectivity index (χ1n) is 7.48. The molecule has 1 saturated heterocycles. The fraction of sp³-hybridized carbons (Fsp3) is 0.529. The van der Waals surface area contributed by atoms with Crippen LogP contribution < -0.4 is 0 Å². The molecule has 2 rings (SSSR count). The zero-order valence-electron chi connectivity index (χ0n) is 12.6. The van der Waals surface area contributed by atoms with Gasteiger partial charge >= 0.3 is 11.9 Å². The molecule has 4 nitrogen and oxygen atoms in total. The van der Waals surface area contributed by atoms with Crippen molar-refractivity contribution in [3.05, 3.63) is 35.9 Å². The van der Waals surface area contributed by atoms with Gasteiger partial charge in [0.1, 0.15) is 0 Å². The Kier molecular flexibility index (Phi) is 5.37. The molecule has 0 N–H and O–H groups in total. The number of rotatable bonds is 6. The van der Waals surface area contributed by atoms with E-state index in [9.17, 15) is 9.59 Å². The number of unbranched alkanes of at least 4 members (excludes halogenated alkanes) is 1. The first-order chi connectivity index (χ1) is 10.2. The lowest BCUT2D eigenvalue weighted by Crippen LogP contribution is -2.30. The molecule has 1 aliphatic heterocycles. The van der Waals surface area contributed by atoms with Crippen LogP contribution in [0.25, 0.3) is 0 Å². The van der Waals surface area contributed by atoms with E-state index >= 15 is 0 Å². The van der Waals surface area contributed by atoms with Gasteiger partial charge in [-0.05, 0) is 17.9 Å². The third kappa shape index (κ3) is 3.43. The van der Waals surface area contributed by atoms with Gasteiger partial charge in [-0.1, -0.05) is 50.1 Å². The molecule has 0 saturated carbocycles. The molecule has 1 aliphatic rings. The number of ether oxygens (including phenoxy) is 2. The van der Waals surface area contributed by atoms with Crippen molar-refractivity contribution in [1.82, 2.24) is 0 Å². The van der Waals surface area contributed by atoms with Gasteiger partial charge in [0.2, 0.25) is 0 Å². The summed E-state index contributed by atoms with van der Waals surface area (Å²) in [7, 11) is 1.31. The smallest absolute Gasteiger partial charge is 0.320 e. The second kappa shape index (κ2) is 7.25. The zero-order valence-corrected chi connectivity index (χ0v) is 12.6. The summed E-state index contributed by atoms with van der Waals surface area (Å²) in [6.07, 6.45) is 3.07. The maximum Gasteiger partial charge on any atom is 0.320 e. The average Bonchev–Trinajstić information content (AvgIpc) is 2.90. The van der Waals surface area contributed by atoms with E-state index in [0.717, 1.165) is 24.8 Å². The minimum atomic E-state index is -0.794. The monoisotopic (exact) mass is 290 g/mol. The van der Waals surface area contributed by atoms with Crippen molar-refractivity contribution in [3.8, 4) is 0 Å². The van der Waals surface area contributed by atoms with Crippen LogP contribution in [0.1, 0.15) is 37.7 Å². The number of cyclic esters (lactones) is 1. The molecule has 0 bridgehead atoms. The van der Waals surface area contributed by atoms with Gasteiger partial charge in [0.05, 0.1) is 13.7 Å². The molecule has 1 heterocycles. The van der Waals surface area contributed by atoms with E-state index in [4.69, 9.17) is 9.47 Å². The Bertz CT molecular complexity index is 483. The Morgan fingerprint density at radius 2 is 2.10 bits per heavy atom. The van der Waals surface area contributed by atoms with Gasteiger partial charge in [-0.15, -0.1) is 0 Å². The van der Waals surface area contributed by atoms with Crippen molar-refractivity contribution in [2.24, 2.45) is 11.8 Å². The van der Waals surface area contributed by atoms with Crippen LogP contribution in [0, 0.1) is 11.8 Å². The summed E-state index contributed by atoms with van der Waals surface area (Å²) in [5, 5.41) is 0. The number of hydrogen-bond acceptors (Lipinski definition) is 4. The topological polar surface area (TPSA) is 52.6 Å². The van der Waals surface area contributed by atoms with E-state index in [1.165, 1.54) is 7.11 Å². The van der Waals surface area contributed by atoms with E-state index in [-0.39, 0.29) is 11.8 Å². The highest BCUT2D eigenvalue weighted by molar-refractivity contribution is 5.96. The number of hydrogen-bond donors (Lipinski definition) is 0. The second-order valence-electron chi connectivity index (χ2n) is 5.45. The third-order valence-electron chi connectivity index (χ3n) is 4.17. The summed E-state index contributed by atoms with van der Waals surface area (Å²) in [5.41, 5.74) is 1.16. The van der Waals surface area contributed by atoms with Gasteiger partial charge in [-0.3, -0.25) is 9.59 Å². The molecule has 0 unspecified atom stereocenters. The molecule has 0 radical (unpaired) electrons. The van der Waals surface area contributed by atoms with Crippen LogP contribution in [0.15, 0.2) is 30.3 Å². The third-order valence-corrected chi connectivity index (χ3v) is 4.17. The summed E-state index contributed by atoms with van der Waals surface area (Å²) in [6.45, 7) is 2.43. The minimum absolute atomic E-state index is 0.140. The number of benzene rings is 1. The summed E-state index contributed by atoms with van der Waals surface area (Å²) < 4.78 is 9.93. The van der Waals surface area contributed by atoms with E-state index in [1.54, 1.807) is 0 Å². The highest BCUT2D eigenvalue weighted by atomic mass is 16.6. The van der Waals surface area contributed by atoms with Crippen LogP contribution in [-0.4, -0.2) is 25.7 Å². The van der Waals surface area contributed by atoms with Crippen molar-refractivity contribution in [2.45, 2.75) is 32.1 Å². The van der Waals surface area contributed by atoms with E-state index < -0.39 is 17.9 Å². The van der Waals surface area contributed by atoms with E-state index in [1.807, 2.05) is 18.2 Å². The van der Waals surface area contributed by atoms with Crippen molar-refractivity contribution in [2.75, 3.05) is 13.7 Å². The van der Waals surface area contributed by atoms with E-state index in [2.05, 4.69) is 19.1 Å². The average molecular weight is 290 g/mol. The number of carbonyl (C=O) groups is 2. The molecule has 1 fully saturated rings. The van der Waals surface area contributed by atoms with Crippen molar-refractivity contribution < 1.29 is 19.1 Å². The number of esters is 2. The molecule has 0 amide bonds.